The highest BCUT2D eigenvalue weighted by atomic mass is 16.6. The Hall–Kier alpha value is -1.22. The molecule has 252 valence electrons. The fourth-order valence-electron chi connectivity index (χ4n) is 12.3. The molecule has 8 heteroatoms. The Labute approximate surface area is 265 Å². The van der Waals surface area contributed by atoms with Crippen molar-refractivity contribution in [3.05, 3.63) is 0 Å². The third kappa shape index (κ3) is 4.57. The molecule has 2 aliphatic heterocycles. The molecular weight excluding hydrogens is 560 g/mol. The van der Waals surface area contributed by atoms with Crippen LogP contribution >= 0.6 is 0 Å². The minimum Gasteiger partial charge on any atom is -0.461 e. The van der Waals surface area contributed by atoms with E-state index in [1.54, 1.807) is 13.8 Å². The van der Waals surface area contributed by atoms with Crippen LogP contribution < -0.4 is 0 Å². The number of rotatable bonds is 5. The second-order valence-corrected chi connectivity index (χ2v) is 17.5. The molecule has 8 nitrogen and oxygen atoms in total. The van der Waals surface area contributed by atoms with Gasteiger partial charge in [-0.25, -0.2) is 0 Å². The van der Waals surface area contributed by atoms with Gasteiger partial charge in [-0.15, -0.1) is 0 Å². The molecule has 2 N–H and O–H groups in total. The van der Waals surface area contributed by atoms with Crippen LogP contribution in [0.25, 0.3) is 0 Å². The van der Waals surface area contributed by atoms with Crippen molar-refractivity contribution < 1.29 is 40.2 Å². The quantitative estimate of drug-likeness (QED) is 0.377. The Kier molecular flexibility index (Phi) is 7.92. The van der Waals surface area contributed by atoms with Gasteiger partial charge in [0.25, 0.3) is 0 Å². The Morgan fingerprint density at radius 1 is 0.909 bits per heavy atom. The van der Waals surface area contributed by atoms with Crippen molar-refractivity contribution in [3.8, 4) is 0 Å². The summed E-state index contributed by atoms with van der Waals surface area (Å²) in [6, 6.07) is 0. The lowest BCUT2D eigenvalue weighted by Crippen LogP contribution is -2.56. The van der Waals surface area contributed by atoms with Crippen molar-refractivity contribution in [3.63, 3.8) is 0 Å². The van der Waals surface area contributed by atoms with Gasteiger partial charge in [-0.1, -0.05) is 20.8 Å². The van der Waals surface area contributed by atoms with E-state index in [0.29, 0.717) is 41.8 Å². The van der Waals surface area contributed by atoms with Crippen LogP contribution in [-0.2, 0) is 28.5 Å². The van der Waals surface area contributed by atoms with E-state index in [9.17, 15) is 14.7 Å². The summed E-state index contributed by atoms with van der Waals surface area (Å²) in [5, 5.41) is 17.9. The summed E-state index contributed by atoms with van der Waals surface area (Å²) in [6.45, 7) is 15.1. The van der Waals surface area contributed by atoms with Crippen LogP contribution in [0.3, 0.4) is 0 Å². The van der Waals surface area contributed by atoms with Crippen LogP contribution in [0.1, 0.15) is 114 Å². The van der Waals surface area contributed by atoms with Crippen LogP contribution in [0.2, 0.25) is 0 Å². The van der Waals surface area contributed by atoms with E-state index in [2.05, 4.69) is 20.8 Å². The van der Waals surface area contributed by atoms with Crippen LogP contribution in [0.5, 0.6) is 0 Å². The summed E-state index contributed by atoms with van der Waals surface area (Å²) < 4.78 is 24.1. The van der Waals surface area contributed by atoms with Crippen molar-refractivity contribution in [2.24, 2.45) is 50.7 Å². The fourth-order valence-corrected chi connectivity index (χ4v) is 12.3. The van der Waals surface area contributed by atoms with Crippen LogP contribution in [0.15, 0.2) is 0 Å². The van der Waals surface area contributed by atoms with Crippen molar-refractivity contribution >= 4 is 11.9 Å². The highest BCUT2D eigenvalue weighted by Gasteiger charge is 2.81. The number of hydrogen-bond acceptors (Lipinski definition) is 8. The molecule has 44 heavy (non-hydrogen) atoms. The van der Waals surface area contributed by atoms with Gasteiger partial charge in [-0.05, 0) is 125 Å². The lowest BCUT2D eigenvalue weighted by atomic mass is 9.46. The van der Waals surface area contributed by atoms with E-state index >= 15 is 0 Å². The summed E-state index contributed by atoms with van der Waals surface area (Å²) in [4.78, 5) is 25.0. The number of ether oxygens (including phenoxy) is 4. The fraction of sp³-hybridized carbons (Fsp3) is 0.944. The lowest BCUT2D eigenvalue weighted by Gasteiger charge is -2.59. The normalized spacial score (nSPS) is 46.5. The van der Waals surface area contributed by atoms with Crippen molar-refractivity contribution in [1.29, 1.82) is 0 Å². The first-order valence-corrected chi connectivity index (χ1v) is 17.4. The first-order valence-electron chi connectivity index (χ1n) is 17.4. The minimum atomic E-state index is -1.15. The predicted molar refractivity (Wildman–Crippen MR) is 166 cm³/mol. The maximum absolute atomic E-state index is 13.1. The Morgan fingerprint density at radius 2 is 1.59 bits per heavy atom. The van der Waals surface area contributed by atoms with Gasteiger partial charge in [-0.3, -0.25) is 9.59 Å². The average molecular weight is 621 g/mol. The molecule has 11 atom stereocenters. The Balaban J connectivity index is 0.00000131. The van der Waals surface area contributed by atoms with E-state index in [4.69, 9.17) is 24.1 Å². The molecule has 7 fully saturated rings. The van der Waals surface area contributed by atoms with Crippen LogP contribution in [-0.4, -0.2) is 72.5 Å². The maximum atomic E-state index is 13.1. The van der Waals surface area contributed by atoms with Gasteiger partial charge < -0.3 is 29.2 Å². The van der Waals surface area contributed by atoms with Gasteiger partial charge >= 0.3 is 11.9 Å². The summed E-state index contributed by atoms with van der Waals surface area (Å²) >= 11 is 0. The predicted octanol–water partition coefficient (Wildman–Crippen LogP) is 5.70. The molecule has 0 radical (unpaired) electrons. The van der Waals surface area contributed by atoms with Gasteiger partial charge in [0.15, 0.2) is 6.10 Å². The minimum absolute atomic E-state index is 0. The SMILES string of the molecule is CC(=O)O[C@@H](C1CCC2C(CC3C4CCC5C(C)(C)[C@@H](OC(=O)C6(C)COC6)CCC56C[C@@]46CCC23C)O1)C(C)(C)O.CO.[HH]. The van der Waals surface area contributed by atoms with E-state index in [1.165, 1.54) is 45.4 Å². The van der Waals surface area contributed by atoms with E-state index < -0.39 is 17.1 Å². The third-order valence-corrected chi connectivity index (χ3v) is 14.5. The molecule has 0 bridgehead atoms. The molecule has 7 rings (SSSR count). The van der Waals surface area contributed by atoms with Gasteiger partial charge in [-0.2, -0.15) is 0 Å². The monoisotopic (exact) mass is 620 g/mol. The zero-order valence-corrected chi connectivity index (χ0v) is 28.4. The first-order chi connectivity index (χ1) is 20.6. The number of carbonyl (C=O) groups is 2. The van der Waals surface area contributed by atoms with Gasteiger partial charge in [0.05, 0.1) is 31.0 Å². The lowest BCUT2D eigenvalue weighted by molar-refractivity contribution is -0.205. The topological polar surface area (TPSA) is 112 Å². The number of fused-ring (bicyclic) bond motifs is 4. The second-order valence-electron chi connectivity index (χ2n) is 17.5. The van der Waals surface area contributed by atoms with E-state index in [1.807, 2.05) is 6.92 Å². The molecule has 8 unspecified atom stereocenters. The number of hydrogen-bond donors (Lipinski definition) is 2. The largest absolute Gasteiger partial charge is 0.461 e. The molecule has 5 saturated carbocycles. The average Bonchev–Trinajstić information content (AvgIpc) is 3.52. The van der Waals surface area contributed by atoms with Gasteiger partial charge in [0.1, 0.15) is 11.5 Å². The summed E-state index contributed by atoms with van der Waals surface area (Å²) in [5.74, 6) is 2.10. The van der Waals surface area contributed by atoms with Crippen molar-refractivity contribution in [2.75, 3.05) is 20.3 Å². The van der Waals surface area contributed by atoms with E-state index in [0.717, 1.165) is 38.7 Å². The molecule has 2 saturated heterocycles. The highest BCUT2D eigenvalue weighted by molar-refractivity contribution is 5.77. The number of carbonyl (C=O) groups excluding carboxylic acids is 2. The maximum Gasteiger partial charge on any atom is 0.316 e. The molecule has 5 aliphatic carbocycles. The van der Waals surface area contributed by atoms with E-state index in [-0.39, 0.29) is 42.5 Å². The first kappa shape index (κ1) is 32.7. The third-order valence-electron chi connectivity index (χ3n) is 14.5. The Bertz CT molecular complexity index is 1150. The molecule has 0 amide bonds. The van der Waals surface area contributed by atoms with Gasteiger partial charge in [0.2, 0.25) is 0 Å². The molecule has 2 heterocycles. The molecular formula is C36H60O8. The Morgan fingerprint density at radius 3 is 2.20 bits per heavy atom. The zero-order valence-electron chi connectivity index (χ0n) is 28.4. The van der Waals surface area contributed by atoms with Crippen molar-refractivity contribution in [1.82, 2.24) is 0 Å². The van der Waals surface area contributed by atoms with Crippen LogP contribution in [0.4, 0.5) is 0 Å². The summed E-state index contributed by atoms with van der Waals surface area (Å²) in [5.41, 5.74) is -0.525. The zero-order chi connectivity index (χ0) is 32.1. The molecule has 2 spiro atoms. The van der Waals surface area contributed by atoms with Crippen molar-refractivity contribution in [2.45, 2.75) is 143 Å². The number of aliphatic hydroxyl groups excluding tert-OH is 1. The van der Waals surface area contributed by atoms with Gasteiger partial charge in [0, 0.05) is 20.9 Å². The summed E-state index contributed by atoms with van der Waals surface area (Å²) in [7, 11) is 1.00. The highest BCUT2D eigenvalue weighted by Crippen LogP contribution is 2.87. The molecule has 0 aromatic rings. The van der Waals surface area contributed by atoms with Crippen LogP contribution in [0, 0.1) is 50.7 Å². The molecule has 7 aliphatic rings. The summed E-state index contributed by atoms with van der Waals surface area (Å²) in [6.07, 6.45) is 10.9. The molecule has 0 aromatic carbocycles. The number of esters is 2. The second kappa shape index (κ2) is 10.6. The standard InChI is InChI=1S/C35H54O7.CH4O.H2/c1-20(36)40-28(31(4,5)38)24-10-8-22-25(41-24)16-23-21-9-11-26-30(2,3)27(42-29(37)32(6)18-39-19-32)12-13-35(26)17-34(21,35)15-14-33(22,23)7;1-2;/h21-28,38H,8-19H2,1-7H3;2H,1H3;1H/t21?,22?,23?,24?,25?,26?,27-,28-,33?,34-,35?;;/m0../s1. The smallest absolute Gasteiger partial charge is 0.316 e. The number of aliphatic hydroxyl groups is 2. The molecule has 0 aromatic heterocycles.